The first-order chi connectivity index (χ1) is 26.6. The van der Waals surface area contributed by atoms with Gasteiger partial charge in [0.2, 0.25) is 0 Å². The number of hydrogen-bond acceptors (Lipinski definition) is 4. The van der Waals surface area contributed by atoms with Crippen LogP contribution in [-0.2, 0) is 20.1 Å². The van der Waals surface area contributed by atoms with Crippen molar-refractivity contribution in [3.63, 3.8) is 0 Å². The van der Waals surface area contributed by atoms with E-state index in [1.54, 1.807) is 12.1 Å². The Morgan fingerprint density at radius 1 is 0.732 bits per heavy atom. The largest absolute Gasteiger partial charge is 0 e. The molecule has 0 aliphatic carbocycles. The maximum atomic E-state index is 14.8. The van der Waals surface area contributed by atoms with Crippen molar-refractivity contribution >= 4 is 28.7 Å². The first-order valence-electron chi connectivity index (χ1n) is 19.4. The average molecular weight is 984 g/mol. The van der Waals surface area contributed by atoms with Gasteiger partial charge in [-0.1, -0.05) is 63.6 Å². The summed E-state index contributed by atoms with van der Waals surface area (Å²) in [5, 5.41) is 0. The van der Waals surface area contributed by atoms with E-state index in [0.29, 0.717) is 34.4 Å². The van der Waals surface area contributed by atoms with Gasteiger partial charge >= 0.3 is 120 Å². The van der Waals surface area contributed by atoms with E-state index in [0.717, 1.165) is 44.7 Å². The van der Waals surface area contributed by atoms with Gasteiger partial charge in [0.05, 0.1) is 28.4 Å². The molecular weight excluding hydrogens is 934 g/mol. The zero-order valence-corrected chi connectivity index (χ0v) is 37.9. The fourth-order valence-corrected chi connectivity index (χ4v) is 10.3. The number of fused-ring (bicyclic) bond motifs is 3. The van der Waals surface area contributed by atoms with Gasteiger partial charge in [-0.2, -0.15) is 0 Å². The molecule has 8 heteroatoms. The molecule has 3 heterocycles. The topological polar surface area (TPSA) is 49.2 Å². The van der Waals surface area contributed by atoms with Crippen molar-refractivity contribution in [2.45, 2.75) is 76.5 Å². The summed E-state index contributed by atoms with van der Waals surface area (Å²) in [6, 6.07) is 39.1. The number of para-hydroxylation sites is 4. The predicted octanol–water partition coefficient (Wildman–Crippen LogP) is 13.0. The molecule has 1 aliphatic heterocycles. The Hall–Kier alpha value is -4.56. The quantitative estimate of drug-likeness (QED) is 0.118. The summed E-state index contributed by atoms with van der Waals surface area (Å²) in [6.45, 7) is 12.3. The summed E-state index contributed by atoms with van der Waals surface area (Å²) in [7, 11) is 0. The van der Waals surface area contributed by atoms with Crippen molar-refractivity contribution in [1.29, 1.82) is 0 Å². The van der Waals surface area contributed by atoms with E-state index in [1.807, 2.05) is 105 Å². The number of pyridine rings is 1. The number of benzene rings is 5. The van der Waals surface area contributed by atoms with Crippen molar-refractivity contribution in [2.24, 2.45) is 0 Å². The van der Waals surface area contributed by atoms with E-state index in [-0.39, 0.29) is 37.8 Å². The second kappa shape index (κ2) is 16.9. The zero-order chi connectivity index (χ0) is 39.9. The van der Waals surface area contributed by atoms with Crippen LogP contribution in [0.4, 0.5) is 4.39 Å². The Morgan fingerprint density at radius 2 is 1.38 bits per heavy atom. The summed E-state index contributed by atoms with van der Waals surface area (Å²) >= 11 is -2.03. The van der Waals surface area contributed by atoms with E-state index in [9.17, 15) is 4.39 Å². The van der Waals surface area contributed by atoms with Crippen LogP contribution in [0, 0.1) is 17.9 Å². The molecule has 0 N–H and O–H groups in total. The van der Waals surface area contributed by atoms with E-state index < -0.39 is 19.2 Å². The molecule has 0 bridgehead atoms. The molecule has 0 spiro atoms. The van der Waals surface area contributed by atoms with Gasteiger partial charge in [0.15, 0.2) is 11.5 Å². The number of imidazole rings is 1. The Labute approximate surface area is 348 Å². The van der Waals surface area contributed by atoms with Crippen LogP contribution in [0.5, 0.6) is 23.0 Å². The van der Waals surface area contributed by atoms with E-state index in [4.69, 9.17) is 15.8 Å². The maximum absolute atomic E-state index is 14.8. The normalized spacial score (nSPS) is 12.5. The van der Waals surface area contributed by atoms with Gasteiger partial charge < -0.3 is 14.0 Å². The minimum atomic E-state index is -2.03. The molecule has 0 saturated carbocycles. The smallest absolute Gasteiger partial charge is 0 e. The predicted molar refractivity (Wildman–Crippen MR) is 226 cm³/mol. The molecule has 0 fully saturated rings. The van der Waals surface area contributed by atoms with Gasteiger partial charge in [0.1, 0.15) is 5.82 Å². The van der Waals surface area contributed by atoms with Crippen molar-refractivity contribution in [1.82, 2.24) is 14.5 Å². The first kappa shape index (κ1) is 39.7. The number of halogens is 1. The van der Waals surface area contributed by atoms with Gasteiger partial charge in [-0.05, 0) is 59.4 Å². The van der Waals surface area contributed by atoms with E-state index >= 15 is 0 Å². The zero-order valence-electron chi connectivity index (χ0n) is 34.4. The molecule has 7 aromatic rings. The fraction of sp³-hybridized carbons (Fsp3) is 0.250. The van der Waals surface area contributed by atoms with Crippen LogP contribution in [0.15, 0.2) is 109 Å². The van der Waals surface area contributed by atoms with Gasteiger partial charge in [-0.25, -0.2) is 4.39 Å². The number of ether oxygens (including phenoxy) is 2. The van der Waals surface area contributed by atoms with Crippen molar-refractivity contribution in [3.05, 3.63) is 144 Å². The summed E-state index contributed by atoms with van der Waals surface area (Å²) in [5.74, 6) is 9.56. The molecule has 1 radical (unpaired) electrons. The molecule has 8 rings (SSSR count). The molecule has 5 nitrogen and oxygen atoms in total. The molecule has 5 aromatic carbocycles. The van der Waals surface area contributed by atoms with Crippen LogP contribution in [0.3, 0.4) is 0 Å². The van der Waals surface area contributed by atoms with Gasteiger partial charge in [-0.3, -0.25) is 4.98 Å². The molecule has 289 valence electrons. The van der Waals surface area contributed by atoms with Gasteiger partial charge in [-0.15, -0.1) is 12.1 Å². The summed E-state index contributed by atoms with van der Waals surface area (Å²) in [5.41, 5.74) is 8.29. The first-order valence-corrected chi connectivity index (χ1v) is 26.2. The summed E-state index contributed by atoms with van der Waals surface area (Å²) < 4.78 is 39.2. The Balaban J connectivity index is 0.000000223. The average Bonchev–Trinajstić information content (AvgIpc) is 3.55. The number of nitrogens with zero attached hydrogens (tertiary/aromatic N) is 3. The third-order valence-electron chi connectivity index (χ3n) is 9.82. The molecular formula is C48H48FGeIrN3O2-2. The van der Waals surface area contributed by atoms with Crippen LogP contribution in [0.1, 0.15) is 77.3 Å². The second-order valence-electron chi connectivity index (χ2n) is 15.8. The minimum absolute atomic E-state index is 0. The molecule has 2 aromatic heterocycles. The fourth-order valence-electron chi connectivity index (χ4n) is 7.03. The number of rotatable bonds is 7. The molecule has 1 aliphatic rings. The Morgan fingerprint density at radius 3 is 2.00 bits per heavy atom. The second-order valence-corrected chi connectivity index (χ2v) is 26.4. The van der Waals surface area contributed by atoms with Gasteiger partial charge in [0.25, 0.3) is 0 Å². The van der Waals surface area contributed by atoms with Gasteiger partial charge in [0, 0.05) is 25.8 Å². The van der Waals surface area contributed by atoms with Crippen LogP contribution in [-0.4, -0.2) is 27.8 Å². The van der Waals surface area contributed by atoms with E-state index in [1.165, 1.54) is 4.40 Å². The molecule has 0 unspecified atom stereocenters. The SMILES string of the molecule is CC(C)c1cc(F)cc(C(C)C)c1-n1c(-c2[c-]ccc3c2Oc2ccccc2O3)nc2ccccc21.[2H]C(C)(C)c1cc(-c2[c-]cccc2)nc[c]1[Ge]([CH3])([CH3])[CH3].[Ir]. The monoisotopic (exact) mass is 985 g/mol. The molecule has 56 heavy (non-hydrogen) atoms. The Bertz CT molecular complexity index is 2510. The summed E-state index contributed by atoms with van der Waals surface area (Å²) in [4.78, 5) is 9.67. The maximum Gasteiger partial charge on any atom is 0 e. The van der Waals surface area contributed by atoms with Crippen molar-refractivity contribution < 1.29 is 35.3 Å². The van der Waals surface area contributed by atoms with Crippen molar-refractivity contribution in [3.8, 4) is 51.3 Å². The molecule has 0 amide bonds. The van der Waals surface area contributed by atoms with Crippen LogP contribution in [0.25, 0.3) is 39.4 Å². The van der Waals surface area contributed by atoms with Crippen LogP contribution >= 0.6 is 0 Å². The number of hydrogen-bond donors (Lipinski definition) is 0. The third kappa shape index (κ3) is 8.27. The van der Waals surface area contributed by atoms with Crippen molar-refractivity contribution in [2.75, 3.05) is 0 Å². The minimum Gasteiger partial charge on any atom is 0 e. The Kier molecular flexibility index (Phi) is 12.0. The van der Waals surface area contributed by atoms with Crippen LogP contribution < -0.4 is 13.9 Å². The number of aromatic nitrogens is 3. The molecule has 0 atom stereocenters. The standard InChI is InChI=1S/C31H26FN2O2.C17H22GeN.Ir/c1-18(2)22-16-20(32)17-23(19(3)4)29(22)34-25-12-6-5-11-24(25)33-31(34)21-10-9-15-28-30(21)36-27-14-8-7-13-26(27)35-28;1-13(2)15-11-17(14-9-7-6-8-10-14)19-12-16(15)18(3,4)5;/h5-9,11-19H,1-4H3;6-9,11-13H,1-5H3;/q2*-1;/i;13D;. The summed E-state index contributed by atoms with van der Waals surface area (Å²) in [6.07, 6.45) is 2.00. The van der Waals surface area contributed by atoms with E-state index in [2.05, 4.69) is 72.7 Å². The third-order valence-corrected chi connectivity index (χ3v) is 14.0. The van der Waals surface area contributed by atoms with Crippen LogP contribution in [0.2, 0.25) is 17.3 Å². The molecule has 0 saturated heterocycles.